The number of aromatic nitrogens is 4. The number of rotatable bonds is 3. The third-order valence-electron chi connectivity index (χ3n) is 2.69. The summed E-state index contributed by atoms with van der Waals surface area (Å²) in [5, 5.41) is 8.75. The van der Waals surface area contributed by atoms with E-state index in [-0.39, 0.29) is 6.42 Å². The van der Waals surface area contributed by atoms with E-state index in [1.54, 1.807) is 29.3 Å². The third-order valence-corrected chi connectivity index (χ3v) is 2.69. The lowest BCUT2D eigenvalue weighted by Gasteiger charge is -1.99. The van der Waals surface area contributed by atoms with Crippen LogP contribution < -0.4 is 0 Å². The monoisotopic (exact) mass is 254 g/mol. The first kappa shape index (κ1) is 11.3. The molecule has 0 radical (unpaired) electrons. The molecular weight excluding hydrogens is 244 g/mol. The van der Waals surface area contributed by atoms with Crippen LogP contribution >= 0.6 is 0 Å². The molecule has 0 saturated carbocycles. The van der Waals surface area contributed by atoms with Crippen LogP contribution in [0.15, 0.2) is 43.1 Å². The third kappa shape index (κ3) is 2.28. The molecule has 0 aromatic carbocycles. The van der Waals surface area contributed by atoms with E-state index in [0.29, 0.717) is 11.3 Å². The van der Waals surface area contributed by atoms with Gasteiger partial charge in [-0.15, -0.1) is 0 Å². The molecule has 0 saturated heterocycles. The van der Waals surface area contributed by atoms with Crippen LogP contribution in [0.25, 0.3) is 16.9 Å². The number of carbonyl (C=O) groups is 1. The molecule has 19 heavy (non-hydrogen) atoms. The van der Waals surface area contributed by atoms with Crippen LogP contribution in [0, 0.1) is 0 Å². The van der Waals surface area contributed by atoms with E-state index in [9.17, 15) is 4.79 Å². The second-order valence-corrected chi connectivity index (χ2v) is 4.08. The number of nitrogens with zero attached hydrogens (tertiary/aromatic N) is 4. The summed E-state index contributed by atoms with van der Waals surface area (Å²) < 4.78 is 1.71. The highest BCUT2D eigenvalue weighted by atomic mass is 16.4. The van der Waals surface area contributed by atoms with Crippen molar-refractivity contribution >= 4 is 11.6 Å². The van der Waals surface area contributed by atoms with Gasteiger partial charge in [-0.3, -0.25) is 14.2 Å². The number of pyridine rings is 1. The van der Waals surface area contributed by atoms with Crippen molar-refractivity contribution in [2.45, 2.75) is 6.42 Å². The fraction of sp³-hybridized carbons (Fsp3) is 0.0769. The minimum absolute atomic E-state index is 0.0933. The standard InChI is InChI=1S/C13H10N4O2/c18-13(19)4-10-7-17-8-15-11(5-12(17)16-10)9-2-1-3-14-6-9/h1-3,5-8H,4H2,(H,18,19). The molecule has 6 heteroatoms. The predicted octanol–water partition coefficient (Wildman–Crippen LogP) is 1.42. The van der Waals surface area contributed by atoms with E-state index in [1.807, 2.05) is 18.2 Å². The van der Waals surface area contributed by atoms with Gasteiger partial charge in [-0.2, -0.15) is 0 Å². The topological polar surface area (TPSA) is 80.4 Å². The van der Waals surface area contributed by atoms with Crippen molar-refractivity contribution in [2.75, 3.05) is 0 Å². The first-order valence-electron chi connectivity index (χ1n) is 5.68. The lowest BCUT2D eigenvalue weighted by atomic mass is 10.2. The Labute approximate surface area is 108 Å². The van der Waals surface area contributed by atoms with Gasteiger partial charge in [0.05, 0.1) is 17.8 Å². The van der Waals surface area contributed by atoms with E-state index in [0.717, 1.165) is 11.3 Å². The van der Waals surface area contributed by atoms with Gasteiger partial charge in [0.2, 0.25) is 0 Å². The Morgan fingerprint density at radius 1 is 1.42 bits per heavy atom. The molecule has 0 fully saturated rings. The number of carboxylic acid groups (broad SMARTS) is 1. The molecule has 0 aliphatic heterocycles. The van der Waals surface area contributed by atoms with Gasteiger partial charge >= 0.3 is 5.97 Å². The molecule has 0 atom stereocenters. The van der Waals surface area contributed by atoms with Crippen LogP contribution in [0.3, 0.4) is 0 Å². The van der Waals surface area contributed by atoms with Crippen LogP contribution in [0.5, 0.6) is 0 Å². The Morgan fingerprint density at radius 3 is 3.05 bits per heavy atom. The number of aliphatic carboxylic acids is 1. The molecule has 3 heterocycles. The van der Waals surface area contributed by atoms with Crippen molar-refractivity contribution in [3.63, 3.8) is 0 Å². The van der Waals surface area contributed by atoms with Crippen molar-refractivity contribution in [3.8, 4) is 11.3 Å². The van der Waals surface area contributed by atoms with Crippen LogP contribution in [-0.4, -0.2) is 30.4 Å². The van der Waals surface area contributed by atoms with Crippen LogP contribution in [-0.2, 0) is 11.2 Å². The molecular formula is C13H10N4O2. The van der Waals surface area contributed by atoms with Gasteiger partial charge in [0.15, 0.2) is 0 Å². The molecule has 0 amide bonds. The van der Waals surface area contributed by atoms with E-state index < -0.39 is 5.97 Å². The highest BCUT2D eigenvalue weighted by Crippen LogP contribution is 2.17. The molecule has 3 aromatic heterocycles. The number of hydrogen-bond acceptors (Lipinski definition) is 4. The zero-order valence-corrected chi connectivity index (χ0v) is 9.89. The summed E-state index contributed by atoms with van der Waals surface area (Å²) in [7, 11) is 0. The maximum atomic E-state index is 10.7. The summed E-state index contributed by atoms with van der Waals surface area (Å²) in [5.41, 5.74) is 2.84. The van der Waals surface area contributed by atoms with Crippen LogP contribution in [0.2, 0.25) is 0 Å². The van der Waals surface area contributed by atoms with Gasteiger partial charge in [-0.05, 0) is 12.1 Å². The van der Waals surface area contributed by atoms with Crippen LogP contribution in [0.1, 0.15) is 5.69 Å². The molecule has 6 nitrogen and oxygen atoms in total. The maximum Gasteiger partial charge on any atom is 0.309 e. The second-order valence-electron chi connectivity index (χ2n) is 4.08. The minimum atomic E-state index is -0.899. The Bertz CT molecular complexity index is 737. The molecule has 94 valence electrons. The second kappa shape index (κ2) is 4.49. The van der Waals surface area contributed by atoms with Gasteiger partial charge < -0.3 is 5.11 Å². The highest BCUT2D eigenvalue weighted by Gasteiger charge is 2.07. The Hall–Kier alpha value is -2.76. The summed E-state index contributed by atoms with van der Waals surface area (Å²) in [4.78, 5) is 23.3. The number of fused-ring (bicyclic) bond motifs is 1. The van der Waals surface area contributed by atoms with Crippen molar-refractivity contribution in [1.29, 1.82) is 0 Å². The average Bonchev–Trinajstić information content (AvgIpc) is 2.79. The fourth-order valence-corrected chi connectivity index (χ4v) is 1.86. The van der Waals surface area contributed by atoms with Crippen molar-refractivity contribution in [2.24, 2.45) is 0 Å². The Balaban J connectivity index is 2.03. The SMILES string of the molecule is O=C(O)Cc1cn2cnc(-c3cccnc3)cc2n1. The summed E-state index contributed by atoms with van der Waals surface area (Å²) in [6.45, 7) is 0. The van der Waals surface area contributed by atoms with E-state index in [2.05, 4.69) is 15.0 Å². The summed E-state index contributed by atoms with van der Waals surface area (Å²) in [6, 6.07) is 5.55. The predicted molar refractivity (Wildman–Crippen MR) is 67.6 cm³/mol. The van der Waals surface area contributed by atoms with Gasteiger partial charge in [0.25, 0.3) is 0 Å². The van der Waals surface area contributed by atoms with Crippen molar-refractivity contribution in [3.05, 3.63) is 48.8 Å². The van der Waals surface area contributed by atoms with Gasteiger partial charge in [-0.25, -0.2) is 9.97 Å². The first-order valence-corrected chi connectivity index (χ1v) is 5.68. The Morgan fingerprint density at radius 2 is 2.32 bits per heavy atom. The molecule has 1 N–H and O–H groups in total. The maximum absolute atomic E-state index is 10.7. The number of hydrogen-bond donors (Lipinski definition) is 1. The Kier molecular flexibility index (Phi) is 2.68. The number of imidazole rings is 1. The smallest absolute Gasteiger partial charge is 0.309 e. The van der Waals surface area contributed by atoms with Crippen LogP contribution in [0.4, 0.5) is 0 Å². The van der Waals surface area contributed by atoms with Gasteiger partial charge in [-0.1, -0.05) is 0 Å². The van der Waals surface area contributed by atoms with Gasteiger partial charge in [0.1, 0.15) is 12.0 Å². The molecule has 0 bridgehead atoms. The molecule has 3 aromatic rings. The molecule has 0 spiro atoms. The van der Waals surface area contributed by atoms with Gasteiger partial charge in [0, 0.05) is 30.2 Å². The highest BCUT2D eigenvalue weighted by molar-refractivity contribution is 5.70. The molecule has 3 rings (SSSR count). The zero-order chi connectivity index (χ0) is 13.2. The average molecular weight is 254 g/mol. The largest absolute Gasteiger partial charge is 0.481 e. The minimum Gasteiger partial charge on any atom is -0.481 e. The van der Waals surface area contributed by atoms with Crippen molar-refractivity contribution < 1.29 is 9.90 Å². The van der Waals surface area contributed by atoms with E-state index in [4.69, 9.17) is 5.11 Å². The number of carboxylic acids is 1. The normalized spacial score (nSPS) is 10.7. The summed E-state index contributed by atoms with van der Waals surface area (Å²) in [6.07, 6.45) is 6.62. The first-order chi connectivity index (χ1) is 9.22. The molecule has 0 aliphatic carbocycles. The van der Waals surface area contributed by atoms with Crippen molar-refractivity contribution in [1.82, 2.24) is 19.4 Å². The van der Waals surface area contributed by atoms with E-state index in [1.165, 1.54) is 0 Å². The lowest BCUT2D eigenvalue weighted by molar-refractivity contribution is -0.136. The quantitative estimate of drug-likeness (QED) is 0.764. The molecule has 0 aliphatic rings. The lowest BCUT2D eigenvalue weighted by Crippen LogP contribution is -1.99. The summed E-state index contributed by atoms with van der Waals surface area (Å²) in [5.74, 6) is -0.899. The van der Waals surface area contributed by atoms with E-state index >= 15 is 0 Å². The molecule has 0 unspecified atom stereocenters. The fourth-order valence-electron chi connectivity index (χ4n) is 1.86. The zero-order valence-electron chi connectivity index (χ0n) is 9.89. The summed E-state index contributed by atoms with van der Waals surface area (Å²) >= 11 is 0.